The van der Waals surface area contributed by atoms with Crippen LogP contribution in [0, 0.1) is 5.41 Å². The first kappa shape index (κ1) is 13.3. The summed E-state index contributed by atoms with van der Waals surface area (Å²) in [5.41, 5.74) is 0.414. The highest BCUT2D eigenvalue weighted by atomic mass is 16.5. The Morgan fingerprint density at radius 2 is 2.00 bits per heavy atom. The Kier molecular flexibility index (Phi) is 4.83. The summed E-state index contributed by atoms with van der Waals surface area (Å²) in [5, 5.41) is 3.47. The molecule has 1 aliphatic carbocycles. The smallest absolute Gasteiger partial charge is 0.0531 e. The van der Waals surface area contributed by atoms with Crippen molar-refractivity contribution >= 4 is 0 Å². The van der Waals surface area contributed by atoms with E-state index in [0.717, 1.165) is 25.7 Å². The number of piperidine rings is 1. The van der Waals surface area contributed by atoms with Gasteiger partial charge in [-0.25, -0.2) is 0 Å². The van der Waals surface area contributed by atoms with Crippen LogP contribution in [0.25, 0.3) is 0 Å². The molecule has 17 heavy (non-hydrogen) atoms. The van der Waals surface area contributed by atoms with Crippen LogP contribution in [0.3, 0.4) is 0 Å². The third kappa shape index (κ3) is 3.67. The van der Waals surface area contributed by atoms with Gasteiger partial charge in [0.25, 0.3) is 0 Å². The maximum Gasteiger partial charge on any atom is 0.0531 e. The Labute approximate surface area is 106 Å². The maximum atomic E-state index is 5.51. The van der Waals surface area contributed by atoms with Gasteiger partial charge in [0.05, 0.1) is 6.61 Å². The molecule has 0 radical (unpaired) electrons. The van der Waals surface area contributed by atoms with Crippen LogP contribution in [-0.2, 0) is 4.74 Å². The number of hydrogen-bond donors (Lipinski definition) is 1. The summed E-state index contributed by atoms with van der Waals surface area (Å²) in [6, 6.07) is 0.888. The average molecular weight is 240 g/mol. The summed E-state index contributed by atoms with van der Waals surface area (Å²) in [6.45, 7) is 8.06. The van der Waals surface area contributed by atoms with Gasteiger partial charge in [0.1, 0.15) is 0 Å². The number of nitrogens with zero attached hydrogens (tertiary/aromatic N) is 1. The highest BCUT2D eigenvalue weighted by molar-refractivity contribution is 4.92. The maximum absolute atomic E-state index is 5.51. The number of nitrogens with one attached hydrogen (secondary N) is 1. The van der Waals surface area contributed by atoms with Gasteiger partial charge in [-0.2, -0.15) is 0 Å². The van der Waals surface area contributed by atoms with Crippen molar-refractivity contribution in [2.75, 3.05) is 39.9 Å². The van der Waals surface area contributed by atoms with Gasteiger partial charge in [-0.1, -0.05) is 6.92 Å². The van der Waals surface area contributed by atoms with E-state index in [1.807, 2.05) is 7.11 Å². The van der Waals surface area contributed by atoms with Gasteiger partial charge in [0.2, 0.25) is 0 Å². The molecular formula is C14H28N2O. The van der Waals surface area contributed by atoms with E-state index in [0.29, 0.717) is 5.41 Å². The molecule has 1 saturated heterocycles. The predicted octanol–water partition coefficient (Wildman–Crippen LogP) is 1.88. The normalized spacial score (nSPS) is 24.2. The van der Waals surface area contributed by atoms with E-state index in [9.17, 15) is 0 Å². The van der Waals surface area contributed by atoms with E-state index >= 15 is 0 Å². The lowest BCUT2D eigenvalue weighted by Gasteiger charge is -2.41. The van der Waals surface area contributed by atoms with Crippen LogP contribution >= 0.6 is 0 Å². The zero-order valence-corrected chi connectivity index (χ0v) is 11.5. The van der Waals surface area contributed by atoms with Crippen LogP contribution in [0.5, 0.6) is 0 Å². The van der Waals surface area contributed by atoms with Crippen molar-refractivity contribution in [3.05, 3.63) is 0 Å². The molecule has 0 spiro atoms. The molecule has 0 amide bonds. The molecule has 3 nitrogen and oxygen atoms in total. The van der Waals surface area contributed by atoms with Crippen molar-refractivity contribution in [2.45, 2.75) is 45.1 Å². The molecule has 0 aromatic rings. The van der Waals surface area contributed by atoms with Gasteiger partial charge in [0, 0.05) is 25.1 Å². The molecule has 1 aliphatic heterocycles. The minimum absolute atomic E-state index is 0.414. The fraction of sp³-hybridized carbons (Fsp3) is 1.00. The van der Waals surface area contributed by atoms with Crippen molar-refractivity contribution in [3.63, 3.8) is 0 Å². The Bertz CT molecular complexity index is 217. The van der Waals surface area contributed by atoms with Crippen LogP contribution < -0.4 is 5.32 Å². The van der Waals surface area contributed by atoms with Crippen LogP contribution in [0.15, 0.2) is 0 Å². The Balaban J connectivity index is 1.94. The minimum Gasteiger partial charge on any atom is -0.384 e. The van der Waals surface area contributed by atoms with E-state index < -0.39 is 0 Å². The van der Waals surface area contributed by atoms with Gasteiger partial charge >= 0.3 is 0 Å². The standard InChI is InChI=1S/C14H28N2O/c1-3-10-16(13-4-5-13)11-14(12-17-2)6-8-15-9-7-14/h13,15H,3-12H2,1-2H3. The van der Waals surface area contributed by atoms with E-state index in [1.54, 1.807) is 0 Å². The first-order valence-electron chi connectivity index (χ1n) is 7.23. The van der Waals surface area contributed by atoms with E-state index in [2.05, 4.69) is 17.1 Å². The molecule has 0 aromatic carbocycles. The molecule has 0 unspecified atom stereocenters. The summed E-state index contributed by atoms with van der Waals surface area (Å²) < 4.78 is 5.51. The van der Waals surface area contributed by atoms with Gasteiger partial charge in [0.15, 0.2) is 0 Å². The molecule has 100 valence electrons. The van der Waals surface area contributed by atoms with E-state index in [-0.39, 0.29) is 0 Å². The Morgan fingerprint density at radius 3 is 2.53 bits per heavy atom. The molecule has 1 saturated carbocycles. The van der Waals surface area contributed by atoms with Crippen LogP contribution in [0.4, 0.5) is 0 Å². The third-order valence-electron chi connectivity index (χ3n) is 4.23. The molecule has 1 heterocycles. The van der Waals surface area contributed by atoms with Gasteiger partial charge in [-0.15, -0.1) is 0 Å². The van der Waals surface area contributed by atoms with Crippen LogP contribution in [-0.4, -0.2) is 50.8 Å². The molecule has 0 aromatic heterocycles. The second-order valence-corrected chi connectivity index (χ2v) is 5.88. The molecule has 2 rings (SSSR count). The fourth-order valence-electron chi connectivity index (χ4n) is 3.16. The van der Waals surface area contributed by atoms with E-state index in [1.165, 1.54) is 45.2 Å². The lowest BCUT2D eigenvalue weighted by atomic mass is 9.79. The zero-order chi connectivity index (χ0) is 12.1. The highest BCUT2D eigenvalue weighted by Gasteiger charge is 2.38. The average Bonchev–Trinajstić information content (AvgIpc) is 3.14. The summed E-state index contributed by atoms with van der Waals surface area (Å²) >= 11 is 0. The molecule has 0 bridgehead atoms. The van der Waals surface area contributed by atoms with Gasteiger partial charge in [-0.05, 0) is 51.7 Å². The summed E-state index contributed by atoms with van der Waals surface area (Å²) in [7, 11) is 1.85. The van der Waals surface area contributed by atoms with Crippen molar-refractivity contribution in [3.8, 4) is 0 Å². The number of hydrogen-bond acceptors (Lipinski definition) is 3. The quantitative estimate of drug-likeness (QED) is 0.735. The minimum atomic E-state index is 0.414. The van der Waals surface area contributed by atoms with Crippen molar-refractivity contribution < 1.29 is 4.74 Å². The topological polar surface area (TPSA) is 24.5 Å². The summed E-state index contributed by atoms with van der Waals surface area (Å²) in [4.78, 5) is 2.73. The molecule has 3 heteroatoms. The summed E-state index contributed by atoms with van der Waals surface area (Å²) in [6.07, 6.45) is 6.65. The first-order chi connectivity index (χ1) is 8.29. The second-order valence-electron chi connectivity index (χ2n) is 5.88. The molecular weight excluding hydrogens is 212 g/mol. The largest absolute Gasteiger partial charge is 0.384 e. The predicted molar refractivity (Wildman–Crippen MR) is 71.3 cm³/mol. The molecule has 2 aliphatic rings. The Morgan fingerprint density at radius 1 is 1.29 bits per heavy atom. The Hall–Kier alpha value is -0.120. The molecule has 2 fully saturated rings. The van der Waals surface area contributed by atoms with Crippen molar-refractivity contribution in [2.24, 2.45) is 5.41 Å². The monoisotopic (exact) mass is 240 g/mol. The molecule has 1 N–H and O–H groups in total. The number of methoxy groups -OCH3 is 1. The SMILES string of the molecule is CCCN(CC1(COC)CCNCC1)C1CC1. The van der Waals surface area contributed by atoms with Crippen molar-refractivity contribution in [1.82, 2.24) is 10.2 Å². The zero-order valence-electron chi connectivity index (χ0n) is 11.5. The van der Waals surface area contributed by atoms with Crippen LogP contribution in [0.1, 0.15) is 39.0 Å². The van der Waals surface area contributed by atoms with Gasteiger partial charge in [-0.3, -0.25) is 4.90 Å². The fourth-order valence-corrected chi connectivity index (χ4v) is 3.16. The second kappa shape index (κ2) is 6.17. The van der Waals surface area contributed by atoms with E-state index in [4.69, 9.17) is 4.74 Å². The molecule has 0 atom stereocenters. The van der Waals surface area contributed by atoms with Crippen molar-refractivity contribution in [1.29, 1.82) is 0 Å². The summed E-state index contributed by atoms with van der Waals surface area (Å²) in [5.74, 6) is 0. The lowest BCUT2D eigenvalue weighted by molar-refractivity contribution is 0.0201. The third-order valence-corrected chi connectivity index (χ3v) is 4.23. The first-order valence-corrected chi connectivity index (χ1v) is 7.23. The highest BCUT2D eigenvalue weighted by Crippen LogP contribution is 2.35. The lowest BCUT2D eigenvalue weighted by Crippen LogP contribution is -2.48. The van der Waals surface area contributed by atoms with Crippen LogP contribution in [0.2, 0.25) is 0 Å². The van der Waals surface area contributed by atoms with Gasteiger partial charge < -0.3 is 10.1 Å². The number of rotatable bonds is 7. The number of ether oxygens (including phenoxy) is 1.